The zero-order chi connectivity index (χ0) is 14.8. The van der Waals surface area contributed by atoms with Gasteiger partial charge in [-0.25, -0.2) is 0 Å². The molecule has 0 atom stereocenters. The minimum absolute atomic E-state index is 0.101. The molecule has 0 N–H and O–H groups in total. The van der Waals surface area contributed by atoms with Crippen LogP contribution in [0.4, 0.5) is 0 Å². The summed E-state index contributed by atoms with van der Waals surface area (Å²) in [5.41, 5.74) is 5.66. The lowest BCUT2D eigenvalue weighted by atomic mass is 9.83. The number of hydrogen-bond donors (Lipinski definition) is 0. The number of rotatable bonds is 2. The van der Waals surface area contributed by atoms with Crippen molar-refractivity contribution in [3.05, 3.63) is 70.3 Å². The van der Waals surface area contributed by atoms with Crippen LogP contribution in [0, 0.1) is 18.3 Å². The molecular formula is C19H21N. The molecule has 0 bridgehead atoms. The van der Waals surface area contributed by atoms with Gasteiger partial charge in [-0.05, 0) is 41.0 Å². The van der Waals surface area contributed by atoms with Gasteiger partial charge in [0.2, 0.25) is 0 Å². The second kappa shape index (κ2) is 5.51. The van der Waals surface area contributed by atoms with Gasteiger partial charge in [-0.3, -0.25) is 0 Å². The van der Waals surface area contributed by atoms with E-state index in [2.05, 4.69) is 51.1 Å². The highest BCUT2D eigenvalue weighted by molar-refractivity contribution is 5.49. The van der Waals surface area contributed by atoms with E-state index in [4.69, 9.17) is 0 Å². The second-order valence-corrected chi connectivity index (χ2v) is 6.35. The van der Waals surface area contributed by atoms with Crippen molar-refractivity contribution >= 4 is 0 Å². The first kappa shape index (κ1) is 14.3. The van der Waals surface area contributed by atoms with Gasteiger partial charge in [-0.1, -0.05) is 63.2 Å². The van der Waals surface area contributed by atoms with E-state index < -0.39 is 0 Å². The molecule has 0 fully saturated rings. The molecule has 0 radical (unpaired) electrons. The van der Waals surface area contributed by atoms with Crippen LogP contribution in [0.3, 0.4) is 0 Å². The molecule has 0 aliphatic heterocycles. The highest BCUT2D eigenvalue weighted by Gasteiger charge is 2.17. The third-order valence-corrected chi connectivity index (χ3v) is 3.63. The Hall–Kier alpha value is -2.07. The Morgan fingerprint density at radius 2 is 1.70 bits per heavy atom. The monoisotopic (exact) mass is 263 g/mol. The van der Waals surface area contributed by atoms with E-state index >= 15 is 0 Å². The topological polar surface area (TPSA) is 23.8 Å². The summed E-state index contributed by atoms with van der Waals surface area (Å²) in [7, 11) is 0. The molecule has 0 aliphatic carbocycles. The van der Waals surface area contributed by atoms with E-state index in [1.807, 2.05) is 25.1 Å². The number of nitrogens with zero attached hydrogens (tertiary/aromatic N) is 1. The van der Waals surface area contributed by atoms with Crippen LogP contribution in [-0.2, 0) is 11.8 Å². The highest BCUT2D eigenvalue weighted by atomic mass is 14.3. The van der Waals surface area contributed by atoms with E-state index in [1.54, 1.807) is 0 Å². The molecule has 0 saturated heterocycles. The number of hydrogen-bond acceptors (Lipinski definition) is 1. The standard InChI is InChI=1S/C19H21N/c1-14-10-17(19(2,3)4)12-16(18(14)13-20)11-15-8-6-5-7-9-15/h5-10,12H,11H2,1-4H3. The maximum absolute atomic E-state index is 9.42. The first-order chi connectivity index (χ1) is 9.41. The molecule has 0 spiro atoms. The van der Waals surface area contributed by atoms with Crippen molar-refractivity contribution in [2.24, 2.45) is 0 Å². The molecule has 0 unspecified atom stereocenters. The summed E-state index contributed by atoms with van der Waals surface area (Å²) in [5, 5.41) is 9.42. The van der Waals surface area contributed by atoms with E-state index in [0.29, 0.717) is 0 Å². The normalized spacial score (nSPS) is 11.2. The van der Waals surface area contributed by atoms with Gasteiger partial charge in [-0.15, -0.1) is 0 Å². The summed E-state index contributed by atoms with van der Waals surface area (Å²) < 4.78 is 0. The third-order valence-electron chi connectivity index (χ3n) is 3.63. The van der Waals surface area contributed by atoms with Crippen molar-refractivity contribution in [3.63, 3.8) is 0 Å². The van der Waals surface area contributed by atoms with E-state index in [0.717, 1.165) is 23.1 Å². The average molecular weight is 263 g/mol. The Balaban J connectivity index is 2.50. The predicted octanol–water partition coefficient (Wildman–Crippen LogP) is 4.76. The molecule has 0 amide bonds. The third kappa shape index (κ3) is 3.08. The maximum atomic E-state index is 9.42. The van der Waals surface area contributed by atoms with Crippen molar-refractivity contribution in [2.75, 3.05) is 0 Å². The summed E-state index contributed by atoms with van der Waals surface area (Å²) in [6, 6.07) is 17.0. The molecule has 1 heteroatoms. The number of benzene rings is 2. The first-order valence-electron chi connectivity index (χ1n) is 7.00. The van der Waals surface area contributed by atoms with Crippen molar-refractivity contribution in [1.82, 2.24) is 0 Å². The predicted molar refractivity (Wildman–Crippen MR) is 83.8 cm³/mol. The smallest absolute Gasteiger partial charge is 0.0997 e. The van der Waals surface area contributed by atoms with Crippen molar-refractivity contribution in [2.45, 2.75) is 39.5 Å². The molecule has 102 valence electrons. The van der Waals surface area contributed by atoms with Crippen molar-refractivity contribution < 1.29 is 0 Å². The summed E-state index contributed by atoms with van der Waals surface area (Å²) >= 11 is 0. The van der Waals surface area contributed by atoms with E-state index in [9.17, 15) is 5.26 Å². The molecule has 20 heavy (non-hydrogen) atoms. The van der Waals surface area contributed by atoms with Gasteiger partial charge in [0.05, 0.1) is 11.6 Å². The van der Waals surface area contributed by atoms with Gasteiger partial charge >= 0.3 is 0 Å². The van der Waals surface area contributed by atoms with Crippen LogP contribution >= 0.6 is 0 Å². The molecule has 0 aromatic heterocycles. The molecule has 2 aromatic carbocycles. The summed E-state index contributed by atoms with van der Waals surface area (Å²) in [6.07, 6.45) is 0.814. The second-order valence-electron chi connectivity index (χ2n) is 6.35. The Morgan fingerprint density at radius 1 is 1.05 bits per heavy atom. The van der Waals surface area contributed by atoms with E-state index in [-0.39, 0.29) is 5.41 Å². The fraction of sp³-hybridized carbons (Fsp3) is 0.316. The number of nitriles is 1. The van der Waals surface area contributed by atoms with Crippen LogP contribution in [0.5, 0.6) is 0 Å². The zero-order valence-corrected chi connectivity index (χ0v) is 12.7. The van der Waals surface area contributed by atoms with Gasteiger partial charge in [0.15, 0.2) is 0 Å². The number of aryl methyl sites for hydroxylation is 1. The molecule has 2 rings (SSSR count). The summed E-state index contributed by atoms with van der Waals surface area (Å²) in [5.74, 6) is 0. The molecule has 0 saturated carbocycles. The lowest BCUT2D eigenvalue weighted by molar-refractivity contribution is 0.589. The van der Waals surface area contributed by atoms with Crippen LogP contribution in [0.2, 0.25) is 0 Å². The van der Waals surface area contributed by atoms with Gasteiger partial charge in [0.1, 0.15) is 0 Å². The van der Waals surface area contributed by atoms with Gasteiger partial charge in [0.25, 0.3) is 0 Å². The molecular weight excluding hydrogens is 242 g/mol. The summed E-state index contributed by atoms with van der Waals surface area (Å²) in [4.78, 5) is 0. The average Bonchev–Trinajstić information content (AvgIpc) is 2.38. The van der Waals surface area contributed by atoms with Crippen molar-refractivity contribution in [1.29, 1.82) is 5.26 Å². The largest absolute Gasteiger partial charge is 0.192 e. The van der Waals surface area contributed by atoms with Crippen LogP contribution in [0.15, 0.2) is 42.5 Å². The van der Waals surface area contributed by atoms with Gasteiger partial charge in [0, 0.05) is 0 Å². The SMILES string of the molecule is Cc1cc(C(C)(C)C)cc(Cc2ccccc2)c1C#N. The lowest BCUT2D eigenvalue weighted by Crippen LogP contribution is -2.13. The van der Waals surface area contributed by atoms with Crippen LogP contribution < -0.4 is 0 Å². The fourth-order valence-corrected chi connectivity index (χ4v) is 2.41. The molecule has 0 heterocycles. The highest BCUT2D eigenvalue weighted by Crippen LogP contribution is 2.28. The van der Waals surface area contributed by atoms with Gasteiger partial charge < -0.3 is 0 Å². The Morgan fingerprint density at radius 3 is 2.25 bits per heavy atom. The first-order valence-corrected chi connectivity index (χ1v) is 7.00. The molecule has 0 aliphatic rings. The molecule has 2 aromatic rings. The fourth-order valence-electron chi connectivity index (χ4n) is 2.41. The Labute approximate surface area is 121 Å². The minimum Gasteiger partial charge on any atom is -0.192 e. The van der Waals surface area contributed by atoms with Crippen LogP contribution in [-0.4, -0.2) is 0 Å². The zero-order valence-electron chi connectivity index (χ0n) is 12.7. The Kier molecular flexibility index (Phi) is 3.95. The Bertz CT molecular complexity index is 640. The van der Waals surface area contributed by atoms with Crippen LogP contribution in [0.25, 0.3) is 0 Å². The quantitative estimate of drug-likeness (QED) is 0.766. The van der Waals surface area contributed by atoms with E-state index in [1.165, 1.54) is 11.1 Å². The lowest BCUT2D eigenvalue weighted by Gasteiger charge is -2.22. The van der Waals surface area contributed by atoms with Gasteiger partial charge in [-0.2, -0.15) is 5.26 Å². The maximum Gasteiger partial charge on any atom is 0.0997 e. The van der Waals surface area contributed by atoms with Crippen molar-refractivity contribution in [3.8, 4) is 6.07 Å². The molecule has 1 nitrogen and oxygen atoms in total. The van der Waals surface area contributed by atoms with Crippen LogP contribution in [0.1, 0.15) is 48.6 Å². The minimum atomic E-state index is 0.101. The summed E-state index contributed by atoms with van der Waals surface area (Å²) in [6.45, 7) is 8.66.